The maximum absolute atomic E-state index is 4.38. The van der Waals surface area contributed by atoms with Crippen molar-refractivity contribution in [3.8, 4) is 0 Å². The van der Waals surface area contributed by atoms with Crippen LogP contribution in [0.25, 0.3) is 10.9 Å². The van der Waals surface area contributed by atoms with Gasteiger partial charge in [-0.15, -0.1) is 0 Å². The minimum Gasteiger partial charge on any atom is -0.384 e. The third kappa shape index (κ3) is 2.94. The van der Waals surface area contributed by atoms with Crippen molar-refractivity contribution in [2.45, 2.75) is 13.3 Å². The van der Waals surface area contributed by atoms with Crippen molar-refractivity contribution >= 4 is 16.6 Å². The van der Waals surface area contributed by atoms with Crippen LogP contribution >= 0.6 is 0 Å². The van der Waals surface area contributed by atoms with E-state index in [4.69, 9.17) is 0 Å². The average Bonchev–Trinajstić information content (AvgIpc) is 2.35. The SMILES string of the molecule is CNCCCNc1ccnc2ccc(C)cc12. The van der Waals surface area contributed by atoms with Gasteiger partial charge in [-0.1, -0.05) is 11.6 Å². The van der Waals surface area contributed by atoms with Gasteiger partial charge in [0.15, 0.2) is 0 Å². The summed E-state index contributed by atoms with van der Waals surface area (Å²) >= 11 is 0. The number of nitrogens with one attached hydrogen (secondary N) is 2. The first kappa shape index (κ1) is 11.9. The molecule has 1 aromatic carbocycles. The number of fused-ring (bicyclic) bond motifs is 1. The zero-order chi connectivity index (χ0) is 12.1. The molecule has 17 heavy (non-hydrogen) atoms. The Balaban J connectivity index is 2.18. The zero-order valence-corrected chi connectivity index (χ0v) is 10.5. The summed E-state index contributed by atoms with van der Waals surface area (Å²) in [6.45, 7) is 4.13. The number of anilines is 1. The highest BCUT2D eigenvalue weighted by Gasteiger charge is 2.01. The number of hydrogen-bond donors (Lipinski definition) is 2. The van der Waals surface area contributed by atoms with E-state index >= 15 is 0 Å². The summed E-state index contributed by atoms with van der Waals surface area (Å²) in [5.74, 6) is 0. The molecule has 0 spiro atoms. The fourth-order valence-electron chi connectivity index (χ4n) is 1.90. The van der Waals surface area contributed by atoms with E-state index in [0.29, 0.717) is 0 Å². The van der Waals surface area contributed by atoms with Gasteiger partial charge in [-0.3, -0.25) is 4.98 Å². The van der Waals surface area contributed by atoms with Crippen LogP contribution in [-0.2, 0) is 0 Å². The number of pyridine rings is 1. The highest BCUT2D eigenvalue weighted by Crippen LogP contribution is 2.22. The van der Waals surface area contributed by atoms with E-state index in [9.17, 15) is 0 Å². The summed E-state index contributed by atoms with van der Waals surface area (Å²) in [7, 11) is 1.98. The maximum Gasteiger partial charge on any atom is 0.0722 e. The quantitative estimate of drug-likeness (QED) is 0.774. The molecule has 0 amide bonds. The van der Waals surface area contributed by atoms with Crippen LogP contribution in [0.1, 0.15) is 12.0 Å². The molecule has 0 unspecified atom stereocenters. The lowest BCUT2D eigenvalue weighted by molar-refractivity contribution is 0.748. The van der Waals surface area contributed by atoms with Crippen molar-refractivity contribution in [2.75, 3.05) is 25.5 Å². The molecule has 0 radical (unpaired) electrons. The van der Waals surface area contributed by atoms with E-state index in [-0.39, 0.29) is 0 Å². The lowest BCUT2D eigenvalue weighted by Gasteiger charge is -2.09. The second-order valence-corrected chi connectivity index (χ2v) is 4.26. The predicted octanol–water partition coefficient (Wildman–Crippen LogP) is 2.56. The van der Waals surface area contributed by atoms with Crippen LogP contribution in [0.2, 0.25) is 0 Å². The Kier molecular flexibility index (Phi) is 3.94. The van der Waals surface area contributed by atoms with Crippen LogP contribution < -0.4 is 10.6 Å². The van der Waals surface area contributed by atoms with Gasteiger partial charge in [-0.25, -0.2) is 0 Å². The molecule has 2 aromatic rings. The molecule has 0 aliphatic heterocycles. The Morgan fingerprint density at radius 2 is 2.06 bits per heavy atom. The van der Waals surface area contributed by atoms with Gasteiger partial charge in [0.2, 0.25) is 0 Å². The molecular weight excluding hydrogens is 210 g/mol. The predicted molar refractivity (Wildman–Crippen MR) is 73.5 cm³/mol. The molecular formula is C14H19N3. The van der Waals surface area contributed by atoms with Gasteiger partial charge < -0.3 is 10.6 Å². The summed E-state index contributed by atoms with van der Waals surface area (Å²) in [6.07, 6.45) is 2.98. The van der Waals surface area contributed by atoms with Gasteiger partial charge in [0.05, 0.1) is 5.52 Å². The number of nitrogens with zero attached hydrogens (tertiary/aromatic N) is 1. The average molecular weight is 229 g/mol. The van der Waals surface area contributed by atoms with Gasteiger partial charge >= 0.3 is 0 Å². The molecule has 0 atom stereocenters. The summed E-state index contributed by atoms with van der Waals surface area (Å²) in [6, 6.07) is 8.40. The minimum absolute atomic E-state index is 0.980. The smallest absolute Gasteiger partial charge is 0.0722 e. The van der Waals surface area contributed by atoms with Crippen molar-refractivity contribution in [1.82, 2.24) is 10.3 Å². The summed E-state index contributed by atoms with van der Waals surface area (Å²) in [5, 5.41) is 7.82. The highest BCUT2D eigenvalue weighted by molar-refractivity contribution is 5.91. The molecule has 0 fully saturated rings. The molecule has 2 rings (SSSR count). The molecule has 0 bridgehead atoms. The van der Waals surface area contributed by atoms with Crippen LogP contribution in [0.3, 0.4) is 0 Å². The number of rotatable bonds is 5. The fraction of sp³-hybridized carbons (Fsp3) is 0.357. The van der Waals surface area contributed by atoms with Crippen molar-refractivity contribution in [3.63, 3.8) is 0 Å². The first-order valence-electron chi connectivity index (χ1n) is 6.05. The Hall–Kier alpha value is -1.61. The first-order valence-corrected chi connectivity index (χ1v) is 6.05. The third-order valence-electron chi connectivity index (χ3n) is 2.82. The van der Waals surface area contributed by atoms with E-state index < -0.39 is 0 Å². The van der Waals surface area contributed by atoms with E-state index in [0.717, 1.165) is 25.0 Å². The lowest BCUT2D eigenvalue weighted by atomic mass is 10.1. The summed E-state index contributed by atoms with van der Waals surface area (Å²) < 4.78 is 0. The molecule has 0 aliphatic rings. The van der Waals surface area contributed by atoms with E-state index in [1.165, 1.54) is 16.6 Å². The number of benzene rings is 1. The van der Waals surface area contributed by atoms with Crippen LogP contribution in [0.4, 0.5) is 5.69 Å². The maximum atomic E-state index is 4.38. The van der Waals surface area contributed by atoms with Crippen molar-refractivity contribution < 1.29 is 0 Å². The van der Waals surface area contributed by atoms with Crippen molar-refractivity contribution in [1.29, 1.82) is 0 Å². The number of aromatic nitrogens is 1. The van der Waals surface area contributed by atoms with Gasteiger partial charge in [0.25, 0.3) is 0 Å². The Labute approximate surface area is 102 Å². The van der Waals surface area contributed by atoms with Crippen molar-refractivity contribution in [3.05, 3.63) is 36.0 Å². The normalized spacial score (nSPS) is 10.7. The molecule has 0 aliphatic carbocycles. The molecule has 1 heterocycles. The van der Waals surface area contributed by atoms with E-state index in [1.807, 2.05) is 19.3 Å². The number of hydrogen-bond acceptors (Lipinski definition) is 3. The lowest BCUT2D eigenvalue weighted by Crippen LogP contribution is -2.13. The van der Waals surface area contributed by atoms with Gasteiger partial charge in [0.1, 0.15) is 0 Å². The standard InChI is InChI=1S/C14H19N3/c1-11-4-5-13-12(10-11)14(6-9-17-13)16-8-3-7-15-2/h4-6,9-10,15H,3,7-8H2,1-2H3,(H,16,17). The molecule has 2 N–H and O–H groups in total. The summed E-state index contributed by atoms with van der Waals surface area (Å²) in [5.41, 5.74) is 3.49. The van der Waals surface area contributed by atoms with E-state index in [2.05, 4.69) is 40.7 Å². The van der Waals surface area contributed by atoms with Crippen LogP contribution in [0.5, 0.6) is 0 Å². The van der Waals surface area contributed by atoms with Crippen molar-refractivity contribution in [2.24, 2.45) is 0 Å². The van der Waals surface area contributed by atoms with Gasteiger partial charge in [0, 0.05) is 23.8 Å². The molecule has 0 saturated heterocycles. The molecule has 0 saturated carbocycles. The minimum atomic E-state index is 0.980. The second kappa shape index (κ2) is 5.64. The first-order chi connectivity index (χ1) is 8.31. The zero-order valence-electron chi connectivity index (χ0n) is 10.5. The number of aryl methyl sites for hydroxylation is 1. The second-order valence-electron chi connectivity index (χ2n) is 4.26. The van der Waals surface area contributed by atoms with Gasteiger partial charge in [-0.05, 0) is 45.1 Å². The van der Waals surface area contributed by atoms with Crippen LogP contribution in [0.15, 0.2) is 30.5 Å². The van der Waals surface area contributed by atoms with E-state index in [1.54, 1.807) is 0 Å². The Bertz CT molecular complexity index is 494. The fourth-order valence-corrected chi connectivity index (χ4v) is 1.90. The molecule has 1 aromatic heterocycles. The Morgan fingerprint density at radius 1 is 1.18 bits per heavy atom. The largest absolute Gasteiger partial charge is 0.384 e. The van der Waals surface area contributed by atoms with Crippen LogP contribution in [0, 0.1) is 6.92 Å². The molecule has 90 valence electrons. The molecule has 3 heteroatoms. The van der Waals surface area contributed by atoms with Gasteiger partial charge in [-0.2, -0.15) is 0 Å². The Morgan fingerprint density at radius 3 is 2.88 bits per heavy atom. The van der Waals surface area contributed by atoms with Crippen LogP contribution in [-0.4, -0.2) is 25.1 Å². The topological polar surface area (TPSA) is 37.0 Å². The molecule has 3 nitrogen and oxygen atoms in total. The summed E-state index contributed by atoms with van der Waals surface area (Å²) in [4.78, 5) is 4.38. The monoisotopic (exact) mass is 229 g/mol. The third-order valence-corrected chi connectivity index (χ3v) is 2.82. The highest BCUT2D eigenvalue weighted by atomic mass is 14.9.